The Morgan fingerprint density at radius 3 is 2.38 bits per heavy atom. The van der Waals surface area contributed by atoms with Crippen LogP contribution in [0.2, 0.25) is 0 Å². The van der Waals surface area contributed by atoms with Crippen molar-refractivity contribution in [2.24, 2.45) is 0 Å². The van der Waals surface area contributed by atoms with Crippen molar-refractivity contribution in [2.75, 3.05) is 0 Å². The van der Waals surface area contributed by atoms with Crippen LogP contribution in [0.1, 0.15) is 22.6 Å². The van der Waals surface area contributed by atoms with Crippen LogP contribution in [0.25, 0.3) is 11.5 Å². The van der Waals surface area contributed by atoms with Gasteiger partial charge in [0, 0.05) is 5.56 Å². The standard InChI is InChI=1S/C18H13F3N2O3/c19-18(20,21)13-7-5-11(6-8-13)9-12-3-1-2-4-14(12)17-23-22-15(26-17)10-16(24)25/h1-8H,9-10H2,(H,24,25). The van der Waals surface area contributed by atoms with E-state index in [0.29, 0.717) is 17.5 Å². The van der Waals surface area contributed by atoms with Crippen molar-refractivity contribution in [3.8, 4) is 11.5 Å². The first kappa shape index (κ1) is 17.7. The van der Waals surface area contributed by atoms with Crippen LogP contribution in [-0.2, 0) is 23.8 Å². The van der Waals surface area contributed by atoms with E-state index in [0.717, 1.165) is 17.7 Å². The highest BCUT2D eigenvalue weighted by Gasteiger charge is 2.29. The van der Waals surface area contributed by atoms with Gasteiger partial charge in [0.1, 0.15) is 6.42 Å². The van der Waals surface area contributed by atoms with Gasteiger partial charge < -0.3 is 9.52 Å². The first-order valence-electron chi connectivity index (χ1n) is 7.61. The average molecular weight is 362 g/mol. The molecule has 1 heterocycles. The molecule has 0 spiro atoms. The smallest absolute Gasteiger partial charge is 0.416 e. The van der Waals surface area contributed by atoms with E-state index in [-0.39, 0.29) is 18.2 Å². The minimum Gasteiger partial charge on any atom is -0.481 e. The van der Waals surface area contributed by atoms with E-state index >= 15 is 0 Å². The molecule has 0 aliphatic rings. The van der Waals surface area contributed by atoms with Gasteiger partial charge in [0.15, 0.2) is 0 Å². The highest BCUT2D eigenvalue weighted by Crippen LogP contribution is 2.30. The molecule has 0 fully saturated rings. The summed E-state index contributed by atoms with van der Waals surface area (Å²) in [6, 6.07) is 12.0. The topological polar surface area (TPSA) is 76.2 Å². The van der Waals surface area contributed by atoms with Gasteiger partial charge in [0.05, 0.1) is 5.56 Å². The molecule has 0 saturated heterocycles. The van der Waals surface area contributed by atoms with Crippen LogP contribution in [0.15, 0.2) is 52.9 Å². The number of hydrogen-bond donors (Lipinski definition) is 1. The highest BCUT2D eigenvalue weighted by atomic mass is 19.4. The number of carboxylic acids is 1. The molecular formula is C18H13F3N2O3. The van der Waals surface area contributed by atoms with Crippen LogP contribution in [0.3, 0.4) is 0 Å². The fourth-order valence-corrected chi connectivity index (χ4v) is 2.48. The molecule has 0 aliphatic carbocycles. The van der Waals surface area contributed by atoms with E-state index in [1.807, 2.05) is 0 Å². The summed E-state index contributed by atoms with van der Waals surface area (Å²) in [5.41, 5.74) is 1.37. The monoisotopic (exact) mass is 362 g/mol. The molecule has 0 atom stereocenters. The number of alkyl halides is 3. The van der Waals surface area contributed by atoms with Gasteiger partial charge in [-0.1, -0.05) is 30.3 Å². The summed E-state index contributed by atoms with van der Waals surface area (Å²) < 4.78 is 43.3. The predicted molar refractivity (Wildman–Crippen MR) is 85.3 cm³/mol. The maximum atomic E-state index is 12.7. The Balaban J connectivity index is 1.85. The number of aromatic nitrogens is 2. The lowest BCUT2D eigenvalue weighted by atomic mass is 9.99. The van der Waals surface area contributed by atoms with Gasteiger partial charge in [0.2, 0.25) is 11.8 Å². The third kappa shape index (κ3) is 4.08. The van der Waals surface area contributed by atoms with E-state index in [9.17, 15) is 18.0 Å². The third-order valence-corrected chi connectivity index (χ3v) is 3.69. The van der Waals surface area contributed by atoms with Gasteiger partial charge in [-0.15, -0.1) is 10.2 Å². The number of halogens is 3. The molecule has 1 aromatic heterocycles. The van der Waals surface area contributed by atoms with E-state index in [4.69, 9.17) is 9.52 Å². The summed E-state index contributed by atoms with van der Waals surface area (Å²) in [5.74, 6) is -0.932. The van der Waals surface area contributed by atoms with Crippen LogP contribution < -0.4 is 0 Å². The van der Waals surface area contributed by atoms with Gasteiger partial charge in [0.25, 0.3) is 0 Å². The van der Waals surface area contributed by atoms with Crippen molar-refractivity contribution in [2.45, 2.75) is 19.0 Å². The lowest BCUT2D eigenvalue weighted by Crippen LogP contribution is -2.04. The molecule has 0 amide bonds. The predicted octanol–water partition coefficient (Wildman–Crippen LogP) is 3.97. The number of rotatable bonds is 5. The number of benzene rings is 2. The molecule has 0 bridgehead atoms. The Kier molecular flexibility index (Phi) is 4.75. The summed E-state index contributed by atoms with van der Waals surface area (Å²) in [5, 5.41) is 16.3. The van der Waals surface area contributed by atoms with Gasteiger partial charge >= 0.3 is 12.1 Å². The fourth-order valence-electron chi connectivity index (χ4n) is 2.48. The van der Waals surface area contributed by atoms with Crippen molar-refractivity contribution in [1.82, 2.24) is 10.2 Å². The van der Waals surface area contributed by atoms with Crippen molar-refractivity contribution < 1.29 is 27.5 Å². The Labute approximate surface area is 146 Å². The summed E-state index contributed by atoms with van der Waals surface area (Å²) in [4.78, 5) is 10.7. The second-order valence-electron chi connectivity index (χ2n) is 5.60. The number of carbonyl (C=O) groups is 1. The number of hydrogen-bond acceptors (Lipinski definition) is 4. The lowest BCUT2D eigenvalue weighted by molar-refractivity contribution is -0.138. The van der Waals surface area contributed by atoms with Crippen LogP contribution >= 0.6 is 0 Å². The Morgan fingerprint density at radius 1 is 1.04 bits per heavy atom. The summed E-state index contributed by atoms with van der Waals surface area (Å²) >= 11 is 0. The number of carboxylic acid groups (broad SMARTS) is 1. The molecule has 0 aliphatic heterocycles. The molecule has 1 N–H and O–H groups in total. The van der Waals surface area contributed by atoms with Crippen molar-refractivity contribution in [3.63, 3.8) is 0 Å². The van der Waals surface area contributed by atoms with Crippen molar-refractivity contribution >= 4 is 5.97 Å². The molecule has 8 heteroatoms. The molecule has 2 aromatic carbocycles. The average Bonchev–Trinajstić information content (AvgIpc) is 3.02. The number of aliphatic carboxylic acids is 1. The molecule has 26 heavy (non-hydrogen) atoms. The summed E-state index contributed by atoms with van der Waals surface area (Å²) in [6.45, 7) is 0. The maximum Gasteiger partial charge on any atom is 0.416 e. The van der Waals surface area contributed by atoms with E-state index < -0.39 is 17.7 Å². The Morgan fingerprint density at radius 2 is 1.73 bits per heavy atom. The highest BCUT2D eigenvalue weighted by molar-refractivity contribution is 5.69. The Hall–Kier alpha value is -3.16. The fraction of sp³-hybridized carbons (Fsp3) is 0.167. The molecule has 3 rings (SSSR count). The zero-order valence-electron chi connectivity index (χ0n) is 13.3. The largest absolute Gasteiger partial charge is 0.481 e. The first-order valence-corrected chi connectivity index (χ1v) is 7.61. The summed E-state index contributed by atoms with van der Waals surface area (Å²) in [6.07, 6.45) is -4.39. The zero-order chi connectivity index (χ0) is 18.7. The van der Waals surface area contributed by atoms with Crippen LogP contribution in [0.5, 0.6) is 0 Å². The second-order valence-corrected chi connectivity index (χ2v) is 5.60. The minimum absolute atomic E-state index is 0.0168. The quantitative estimate of drug-likeness (QED) is 0.743. The normalized spacial score (nSPS) is 11.5. The van der Waals surface area contributed by atoms with Gasteiger partial charge in [-0.25, -0.2) is 0 Å². The first-order chi connectivity index (χ1) is 12.3. The maximum absolute atomic E-state index is 12.7. The van der Waals surface area contributed by atoms with Crippen molar-refractivity contribution in [1.29, 1.82) is 0 Å². The van der Waals surface area contributed by atoms with Gasteiger partial charge in [-0.05, 0) is 35.7 Å². The van der Waals surface area contributed by atoms with Crippen molar-refractivity contribution in [3.05, 3.63) is 71.1 Å². The molecule has 134 valence electrons. The van der Waals surface area contributed by atoms with E-state index in [2.05, 4.69) is 10.2 Å². The lowest BCUT2D eigenvalue weighted by Gasteiger charge is -2.09. The molecule has 0 saturated carbocycles. The van der Waals surface area contributed by atoms with Gasteiger partial charge in [-0.2, -0.15) is 13.2 Å². The molecular weight excluding hydrogens is 349 g/mol. The van der Waals surface area contributed by atoms with Gasteiger partial charge in [-0.3, -0.25) is 4.79 Å². The van der Waals surface area contributed by atoms with E-state index in [1.165, 1.54) is 12.1 Å². The molecule has 5 nitrogen and oxygen atoms in total. The zero-order valence-corrected chi connectivity index (χ0v) is 13.3. The Bertz CT molecular complexity index is 918. The SMILES string of the molecule is O=C(O)Cc1nnc(-c2ccccc2Cc2ccc(C(F)(F)F)cc2)o1. The van der Waals surface area contributed by atoms with Crippen LogP contribution in [0, 0.1) is 0 Å². The van der Waals surface area contributed by atoms with E-state index in [1.54, 1.807) is 24.3 Å². The summed E-state index contributed by atoms with van der Waals surface area (Å²) in [7, 11) is 0. The van der Waals surface area contributed by atoms with Crippen LogP contribution in [0.4, 0.5) is 13.2 Å². The molecule has 0 unspecified atom stereocenters. The number of nitrogens with zero attached hydrogens (tertiary/aromatic N) is 2. The molecule has 0 radical (unpaired) electrons. The second kappa shape index (κ2) is 6.99. The molecule has 3 aromatic rings. The minimum atomic E-state index is -4.37. The van der Waals surface area contributed by atoms with Crippen LogP contribution in [-0.4, -0.2) is 21.3 Å². The third-order valence-electron chi connectivity index (χ3n) is 3.69.